The van der Waals surface area contributed by atoms with Crippen LogP contribution in [0.1, 0.15) is 12.0 Å². The summed E-state index contributed by atoms with van der Waals surface area (Å²) in [6, 6.07) is 5.82. The first-order valence-electron chi connectivity index (χ1n) is 7.23. The second-order valence-corrected chi connectivity index (χ2v) is 5.55. The van der Waals surface area contributed by atoms with E-state index in [-0.39, 0.29) is 12.3 Å². The highest BCUT2D eigenvalue weighted by atomic mass is 16.5. The van der Waals surface area contributed by atoms with Crippen molar-refractivity contribution >= 4 is 22.8 Å². The number of carbonyl (C=O) groups is 2. The molecule has 1 atom stereocenters. The van der Waals surface area contributed by atoms with Gasteiger partial charge in [0, 0.05) is 36.6 Å². The Morgan fingerprint density at radius 3 is 3.00 bits per heavy atom. The second-order valence-electron chi connectivity index (χ2n) is 5.55. The predicted molar refractivity (Wildman–Crippen MR) is 80.9 cm³/mol. The first-order valence-corrected chi connectivity index (χ1v) is 7.23. The summed E-state index contributed by atoms with van der Waals surface area (Å²) in [5, 5.41) is 10.1. The first-order chi connectivity index (χ1) is 10.6. The van der Waals surface area contributed by atoms with Crippen molar-refractivity contribution in [2.45, 2.75) is 12.8 Å². The number of fused-ring (bicyclic) bond motifs is 1. The molecule has 3 rings (SSSR count). The Labute approximate surface area is 127 Å². The number of aromatic nitrogens is 1. The minimum Gasteiger partial charge on any atom is -0.497 e. The Morgan fingerprint density at radius 1 is 1.50 bits per heavy atom. The van der Waals surface area contributed by atoms with Crippen LogP contribution >= 0.6 is 0 Å². The van der Waals surface area contributed by atoms with Gasteiger partial charge < -0.3 is 19.7 Å². The Kier molecular flexibility index (Phi) is 3.75. The number of ether oxygens (including phenoxy) is 1. The summed E-state index contributed by atoms with van der Waals surface area (Å²) in [5.41, 5.74) is 2.12. The molecule has 0 radical (unpaired) electrons. The summed E-state index contributed by atoms with van der Waals surface area (Å²) in [5.74, 6) is -0.760. The number of hydrogen-bond donors (Lipinski definition) is 2. The number of carboxylic acids is 1. The number of nitrogens with one attached hydrogen (secondary N) is 1. The molecule has 2 aromatic rings. The van der Waals surface area contributed by atoms with E-state index in [0.29, 0.717) is 19.5 Å². The number of aliphatic carboxylic acids is 1. The molecule has 0 aliphatic carbocycles. The van der Waals surface area contributed by atoms with Gasteiger partial charge in [0.2, 0.25) is 5.91 Å². The average molecular weight is 302 g/mol. The number of likely N-dealkylation sites (tertiary alicyclic amines) is 1. The maximum Gasteiger partial charge on any atom is 0.308 e. The third kappa shape index (κ3) is 2.64. The summed E-state index contributed by atoms with van der Waals surface area (Å²) in [4.78, 5) is 27.7. The van der Waals surface area contributed by atoms with Crippen molar-refractivity contribution in [2.75, 3.05) is 20.2 Å². The van der Waals surface area contributed by atoms with Crippen LogP contribution in [-0.4, -0.2) is 47.1 Å². The first kappa shape index (κ1) is 14.4. The molecule has 22 heavy (non-hydrogen) atoms. The SMILES string of the molecule is COc1ccc2[nH]cc(CCN3C[C@@H](C(=O)O)CC3=O)c2c1. The second kappa shape index (κ2) is 5.71. The number of nitrogens with zero attached hydrogens (tertiary/aromatic N) is 1. The van der Waals surface area contributed by atoms with E-state index >= 15 is 0 Å². The minimum absolute atomic E-state index is 0.0789. The smallest absolute Gasteiger partial charge is 0.308 e. The van der Waals surface area contributed by atoms with Crippen LogP contribution in [-0.2, 0) is 16.0 Å². The zero-order chi connectivity index (χ0) is 15.7. The van der Waals surface area contributed by atoms with Crippen LogP contribution < -0.4 is 4.74 Å². The van der Waals surface area contributed by atoms with Gasteiger partial charge in [-0.25, -0.2) is 0 Å². The average Bonchev–Trinajstić information content (AvgIpc) is 3.08. The predicted octanol–water partition coefficient (Wildman–Crippen LogP) is 1.65. The minimum atomic E-state index is -0.896. The highest BCUT2D eigenvalue weighted by molar-refractivity contribution is 5.86. The van der Waals surface area contributed by atoms with Crippen LogP contribution in [0.5, 0.6) is 5.75 Å². The van der Waals surface area contributed by atoms with Gasteiger partial charge in [0.1, 0.15) is 5.75 Å². The zero-order valence-corrected chi connectivity index (χ0v) is 12.3. The van der Waals surface area contributed by atoms with E-state index in [9.17, 15) is 9.59 Å². The number of methoxy groups -OCH3 is 1. The largest absolute Gasteiger partial charge is 0.497 e. The van der Waals surface area contributed by atoms with Gasteiger partial charge in [0.05, 0.1) is 13.0 Å². The van der Waals surface area contributed by atoms with Crippen molar-refractivity contribution < 1.29 is 19.4 Å². The molecule has 2 N–H and O–H groups in total. The van der Waals surface area contributed by atoms with Crippen molar-refractivity contribution in [2.24, 2.45) is 5.92 Å². The summed E-state index contributed by atoms with van der Waals surface area (Å²) in [6.07, 6.45) is 2.72. The van der Waals surface area contributed by atoms with Crippen LogP contribution in [0.25, 0.3) is 10.9 Å². The van der Waals surface area contributed by atoms with Crippen LogP contribution in [0.4, 0.5) is 0 Å². The third-order valence-electron chi connectivity index (χ3n) is 4.19. The molecule has 2 heterocycles. The summed E-state index contributed by atoms with van der Waals surface area (Å²) in [6.45, 7) is 0.840. The number of rotatable bonds is 5. The molecule has 0 unspecified atom stereocenters. The molecule has 1 saturated heterocycles. The van der Waals surface area contributed by atoms with Gasteiger partial charge in [-0.3, -0.25) is 9.59 Å². The third-order valence-corrected chi connectivity index (χ3v) is 4.19. The van der Waals surface area contributed by atoms with E-state index in [1.165, 1.54) is 0 Å². The van der Waals surface area contributed by atoms with E-state index < -0.39 is 11.9 Å². The fourth-order valence-corrected chi connectivity index (χ4v) is 2.90. The van der Waals surface area contributed by atoms with Crippen molar-refractivity contribution in [3.05, 3.63) is 30.0 Å². The number of hydrogen-bond acceptors (Lipinski definition) is 3. The molecule has 0 bridgehead atoms. The lowest BCUT2D eigenvalue weighted by molar-refractivity contribution is -0.141. The summed E-state index contributed by atoms with van der Waals surface area (Å²) in [7, 11) is 1.63. The highest BCUT2D eigenvalue weighted by Gasteiger charge is 2.33. The lowest BCUT2D eigenvalue weighted by Gasteiger charge is -2.15. The molecule has 6 nitrogen and oxygen atoms in total. The molecule has 6 heteroatoms. The van der Waals surface area contributed by atoms with E-state index in [1.54, 1.807) is 12.0 Å². The molecule has 1 amide bonds. The van der Waals surface area contributed by atoms with Crippen LogP contribution in [0, 0.1) is 5.92 Å². The maximum absolute atomic E-state index is 11.8. The van der Waals surface area contributed by atoms with Crippen molar-refractivity contribution in [3.63, 3.8) is 0 Å². The lowest BCUT2D eigenvalue weighted by atomic mass is 10.1. The summed E-state index contributed by atoms with van der Waals surface area (Å²) < 4.78 is 5.24. The van der Waals surface area contributed by atoms with Gasteiger partial charge in [-0.2, -0.15) is 0 Å². The molecule has 1 aliphatic heterocycles. The molecule has 116 valence electrons. The normalized spacial score (nSPS) is 18.1. The van der Waals surface area contributed by atoms with Crippen LogP contribution in [0.15, 0.2) is 24.4 Å². The molecular formula is C16H18N2O4. The van der Waals surface area contributed by atoms with Crippen molar-refractivity contribution in [1.82, 2.24) is 9.88 Å². The topological polar surface area (TPSA) is 82.6 Å². The Hall–Kier alpha value is -2.50. The van der Waals surface area contributed by atoms with E-state index in [0.717, 1.165) is 22.2 Å². The Morgan fingerprint density at radius 2 is 2.32 bits per heavy atom. The van der Waals surface area contributed by atoms with Crippen LogP contribution in [0.3, 0.4) is 0 Å². The number of carbonyl (C=O) groups excluding carboxylic acids is 1. The van der Waals surface area contributed by atoms with E-state index in [4.69, 9.17) is 9.84 Å². The fourth-order valence-electron chi connectivity index (χ4n) is 2.90. The zero-order valence-electron chi connectivity index (χ0n) is 12.3. The van der Waals surface area contributed by atoms with Crippen molar-refractivity contribution in [1.29, 1.82) is 0 Å². The Bertz CT molecular complexity index is 722. The number of aromatic amines is 1. The van der Waals surface area contributed by atoms with Crippen molar-refractivity contribution in [3.8, 4) is 5.75 Å². The Balaban J connectivity index is 1.72. The number of amides is 1. The fraction of sp³-hybridized carbons (Fsp3) is 0.375. The molecular weight excluding hydrogens is 284 g/mol. The highest BCUT2D eigenvalue weighted by Crippen LogP contribution is 2.25. The molecule has 0 spiro atoms. The van der Waals surface area contributed by atoms with E-state index in [1.807, 2.05) is 24.4 Å². The molecule has 1 aromatic carbocycles. The number of carboxylic acid groups (broad SMARTS) is 1. The van der Waals surface area contributed by atoms with Gasteiger partial charge >= 0.3 is 5.97 Å². The maximum atomic E-state index is 11.8. The molecule has 1 fully saturated rings. The van der Waals surface area contributed by atoms with E-state index in [2.05, 4.69) is 4.98 Å². The standard InChI is InChI=1S/C16H18N2O4/c1-22-12-2-3-14-13(7-12)10(8-17-14)4-5-18-9-11(16(20)21)6-15(18)19/h2-3,7-8,11,17H,4-6,9H2,1H3,(H,20,21)/t11-/m0/s1. The van der Waals surface area contributed by atoms with Crippen LogP contribution in [0.2, 0.25) is 0 Å². The van der Waals surface area contributed by atoms with Gasteiger partial charge in [-0.1, -0.05) is 0 Å². The molecule has 1 aromatic heterocycles. The van der Waals surface area contributed by atoms with Gasteiger partial charge in [-0.05, 0) is 30.2 Å². The number of benzene rings is 1. The molecule has 1 aliphatic rings. The number of H-pyrrole nitrogens is 1. The lowest BCUT2D eigenvalue weighted by Crippen LogP contribution is -2.28. The van der Waals surface area contributed by atoms with Gasteiger partial charge in [0.25, 0.3) is 0 Å². The quantitative estimate of drug-likeness (QED) is 0.880. The summed E-state index contributed by atoms with van der Waals surface area (Å²) >= 11 is 0. The monoisotopic (exact) mass is 302 g/mol. The van der Waals surface area contributed by atoms with Gasteiger partial charge in [0.15, 0.2) is 0 Å². The molecule has 0 saturated carbocycles. The van der Waals surface area contributed by atoms with Gasteiger partial charge in [-0.15, -0.1) is 0 Å².